The summed E-state index contributed by atoms with van der Waals surface area (Å²) in [5, 5.41) is 20.6. The number of aliphatic carboxylic acids is 1. The van der Waals surface area contributed by atoms with Crippen LogP contribution in [0, 0.1) is 23.1 Å². The van der Waals surface area contributed by atoms with Crippen LogP contribution in [0.5, 0.6) is 0 Å². The average Bonchev–Trinajstić information content (AvgIpc) is 2.84. The number of benzene rings is 1. The Labute approximate surface area is 117 Å². The van der Waals surface area contributed by atoms with Gasteiger partial charge in [-0.25, -0.2) is 4.39 Å². The van der Waals surface area contributed by atoms with Gasteiger partial charge >= 0.3 is 5.97 Å². The zero-order valence-electron chi connectivity index (χ0n) is 9.73. The molecule has 0 bridgehead atoms. The molecule has 19 heavy (non-hydrogen) atoms. The van der Waals surface area contributed by atoms with Crippen molar-refractivity contribution in [2.75, 3.05) is 5.32 Å². The van der Waals surface area contributed by atoms with E-state index in [1.807, 2.05) is 6.07 Å². The minimum absolute atomic E-state index is 0.108. The van der Waals surface area contributed by atoms with E-state index in [4.69, 9.17) is 10.4 Å². The van der Waals surface area contributed by atoms with Gasteiger partial charge in [-0.05, 0) is 34.5 Å². The van der Waals surface area contributed by atoms with E-state index >= 15 is 0 Å². The number of anilines is 1. The second-order valence-electron chi connectivity index (χ2n) is 4.22. The van der Waals surface area contributed by atoms with Gasteiger partial charge < -0.3 is 10.4 Å². The van der Waals surface area contributed by atoms with E-state index in [-0.39, 0.29) is 21.8 Å². The summed E-state index contributed by atoms with van der Waals surface area (Å²) in [5.41, 5.74) is 0.458. The van der Waals surface area contributed by atoms with Gasteiger partial charge in [0.25, 0.3) is 0 Å². The van der Waals surface area contributed by atoms with Crippen molar-refractivity contribution in [3.8, 4) is 6.07 Å². The highest BCUT2D eigenvalue weighted by Crippen LogP contribution is 2.29. The summed E-state index contributed by atoms with van der Waals surface area (Å²) in [5.74, 6) is -1.98. The molecule has 1 aromatic rings. The molecule has 2 unspecified atom stereocenters. The summed E-state index contributed by atoms with van der Waals surface area (Å²) in [6.45, 7) is 0. The standard InChI is InChI=1S/C13H10BrFN2O2/c14-11-8(6-16)2-4-10(12(11)15)17-9-3-1-7(5-9)13(18)19/h1-4,7,9,17H,5H2,(H,18,19). The minimum Gasteiger partial charge on any atom is -0.481 e. The predicted octanol–water partition coefficient (Wildman–Crippen LogP) is 2.90. The molecule has 0 spiro atoms. The quantitative estimate of drug-likeness (QED) is 0.838. The first kappa shape index (κ1) is 13.6. The molecule has 6 heteroatoms. The fourth-order valence-electron chi connectivity index (χ4n) is 1.94. The first-order valence-corrected chi connectivity index (χ1v) is 6.38. The zero-order chi connectivity index (χ0) is 14.0. The van der Waals surface area contributed by atoms with Gasteiger partial charge in [0.05, 0.1) is 21.6 Å². The number of hydrogen-bond donors (Lipinski definition) is 2. The van der Waals surface area contributed by atoms with Gasteiger partial charge in [-0.2, -0.15) is 5.26 Å². The van der Waals surface area contributed by atoms with Gasteiger partial charge in [0.1, 0.15) is 6.07 Å². The molecule has 4 nitrogen and oxygen atoms in total. The maximum absolute atomic E-state index is 14.0. The van der Waals surface area contributed by atoms with Crippen LogP contribution in [0.3, 0.4) is 0 Å². The largest absolute Gasteiger partial charge is 0.481 e. The molecule has 0 amide bonds. The molecular formula is C13H10BrFN2O2. The Hall–Kier alpha value is -1.87. The molecule has 0 heterocycles. The van der Waals surface area contributed by atoms with Crippen molar-refractivity contribution in [1.82, 2.24) is 0 Å². The van der Waals surface area contributed by atoms with E-state index in [2.05, 4.69) is 21.2 Å². The Bertz CT molecular complexity index is 595. The van der Waals surface area contributed by atoms with Crippen molar-refractivity contribution in [2.24, 2.45) is 5.92 Å². The summed E-state index contributed by atoms with van der Waals surface area (Å²) in [6.07, 6.45) is 3.69. The van der Waals surface area contributed by atoms with E-state index in [0.29, 0.717) is 6.42 Å². The lowest BCUT2D eigenvalue weighted by atomic mass is 10.1. The Morgan fingerprint density at radius 2 is 2.26 bits per heavy atom. The Kier molecular flexibility index (Phi) is 3.86. The fraction of sp³-hybridized carbons (Fsp3) is 0.231. The molecule has 1 aliphatic rings. The highest BCUT2D eigenvalue weighted by atomic mass is 79.9. The molecule has 2 rings (SSSR count). The van der Waals surface area contributed by atoms with Gasteiger partial charge in [-0.1, -0.05) is 12.2 Å². The molecule has 2 N–H and O–H groups in total. The van der Waals surface area contributed by atoms with Crippen molar-refractivity contribution < 1.29 is 14.3 Å². The summed E-state index contributed by atoms with van der Waals surface area (Å²) in [7, 11) is 0. The van der Waals surface area contributed by atoms with E-state index < -0.39 is 17.7 Å². The molecule has 0 fully saturated rings. The molecule has 0 aromatic heterocycles. The van der Waals surface area contributed by atoms with Crippen LogP contribution in [-0.4, -0.2) is 17.1 Å². The first-order chi connectivity index (χ1) is 9.02. The average molecular weight is 325 g/mol. The lowest BCUT2D eigenvalue weighted by molar-refractivity contribution is -0.140. The highest BCUT2D eigenvalue weighted by Gasteiger charge is 2.25. The van der Waals surface area contributed by atoms with Crippen LogP contribution in [0.15, 0.2) is 28.8 Å². The lowest BCUT2D eigenvalue weighted by Gasteiger charge is -2.15. The maximum Gasteiger partial charge on any atom is 0.310 e. The number of carbonyl (C=O) groups is 1. The summed E-state index contributed by atoms with van der Waals surface area (Å²) >= 11 is 3.03. The number of rotatable bonds is 3. The van der Waals surface area contributed by atoms with Crippen molar-refractivity contribution in [2.45, 2.75) is 12.5 Å². The van der Waals surface area contributed by atoms with Crippen LogP contribution >= 0.6 is 15.9 Å². The molecule has 1 aliphatic carbocycles. The van der Waals surface area contributed by atoms with Crippen molar-refractivity contribution in [3.05, 3.63) is 40.1 Å². The minimum atomic E-state index is -0.887. The number of nitrogens with one attached hydrogen (secondary N) is 1. The highest BCUT2D eigenvalue weighted by molar-refractivity contribution is 9.10. The zero-order valence-corrected chi connectivity index (χ0v) is 11.3. The number of nitriles is 1. The van der Waals surface area contributed by atoms with Crippen LogP contribution in [0.1, 0.15) is 12.0 Å². The number of halogens is 2. The monoisotopic (exact) mass is 324 g/mol. The number of carboxylic acids is 1. The normalized spacial score (nSPS) is 21.1. The molecule has 0 radical (unpaired) electrons. The molecular weight excluding hydrogens is 315 g/mol. The Morgan fingerprint density at radius 1 is 1.53 bits per heavy atom. The molecule has 1 aromatic carbocycles. The van der Waals surface area contributed by atoms with Crippen LogP contribution in [0.25, 0.3) is 0 Å². The van der Waals surface area contributed by atoms with Crippen LogP contribution in [0.4, 0.5) is 10.1 Å². The van der Waals surface area contributed by atoms with Crippen molar-refractivity contribution >= 4 is 27.6 Å². The van der Waals surface area contributed by atoms with Crippen LogP contribution in [0.2, 0.25) is 0 Å². The maximum atomic E-state index is 14.0. The third-order valence-corrected chi connectivity index (χ3v) is 3.72. The second kappa shape index (κ2) is 5.41. The molecule has 0 saturated carbocycles. The van der Waals surface area contributed by atoms with Gasteiger partial charge in [-0.15, -0.1) is 0 Å². The number of carboxylic acid groups (broad SMARTS) is 1. The van der Waals surface area contributed by atoms with E-state index in [9.17, 15) is 9.18 Å². The Morgan fingerprint density at radius 3 is 2.84 bits per heavy atom. The predicted molar refractivity (Wildman–Crippen MR) is 71.1 cm³/mol. The summed E-state index contributed by atoms with van der Waals surface area (Å²) < 4.78 is 14.1. The van der Waals surface area contributed by atoms with E-state index in [0.717, 1.165) is 0 Å². The molecule has 2 atom stereocenters. The molecule has 0 aliphatic heterocycles. The van der Waals surface area contributed by atoms with Gasteiger partial charge in [0.15, 0.2) is 5.82 Å². The number of hydrogen-bond acceptors (Lipinski definition) is 3. The third-order valence-electron chi connectivity index (χ3n) is 2.94. The second-order valence-corrected chi connectivity index (χ2v) is 5.01. The molecule has 0 saturated heterocycles. The van der Waals surface area contributed by atoms with Crippen LogP contribution in [-0.2, 0) is 4.79 Å². The van der Waals surface area contributed by atoms with Gasteiger partial charge in [-0.3, -0.25) is 4.79 Å². The topological polar surface area (TPSA) is 73.1 Å². The van der Waals surface area contributed by atoms with E-state index in [1.54, 1.807) is 12.2 Å². The van der Waals surface area contributed by atoms with Gasteiger partial charge in [0.2, 0.25) is 0 Å². The van der Waals surface area contributed by atoms with Crippen molar-refractivity contribution in [1.29, 1.82) is 5.26 Å². The van der Waals surface area contributed by atoms with E-state index in [1.165, 1.54) is 12.1 Å². The van der Waals surface area contributed by atoms with Gasteiger partial charge in [0, 0.05) is 6.04 Å². The summed E-state index contributed by atoms with van der Waals surface area (Å²) in [4.78, 5) is 10.8. The Balaban J connectivity index is 2.14. The smallest absolute Gasteiger partial charge is 0.310 e. The lowest BCUT2D eigenvalue weighted by Crippen LogP contribution is -2.19. The fourth-order valence-corrected chi connectivity index (χ4v) is 2.37. The SMILES string of the molecule is N#Cc1ccc(NC2C=CC(C(=O)O)C2)c(F)c1Br. The third kappa shape index (κ3) is 2.76. The van der Waals surface area contributed by atoms with Crippen molar-refractivity contribution in [3.63, 3.8) is 0 Å². The number of nitrogens with zero attached hydrogens (tertiary/aromatic N) is 1. The summed E-state index contributed by atoms with van der Waals surface area (Å²) in [6, 6.07) is 4.62. The molecule has 98 valence electrons. The van der Waals surface area contributed by atoms with Crippen LogP contribution < -0.4 is 5.32 Å². The first-order valence-electron chi connectivity index (χ1n) is 5.58.